The van der Waals surface area contributed by atoms with Crippen LogP contribution in [-0.4, -0.2) is 18.5 Å². The molecule has 2 aromatic carbocycles. The van der Waals surface area contributed by atoms with Gasteiger partial charge in [0.25, 0.3) is 5.91 Å². The number of rotatable bonds is 5. The van der Waals surface area contributed by atoms with E-state index in [1.54, 1.807) is 0 Å². The van der Waals surface area contributed by atoms with Crippen molar-refractivity contribution >= 4 is 23.6 Å². The SMILES string of the molecule is O=C(COC(=O)/C=C/c1cccc(C(F)(F)F)c1)Nc1ccc(F)c(F)c1F. The molecule has 0 unspecified atom stereocenters. The molecule has 10 heteroatoms. The molecule has 1 amide bonds. The third-order valence-corrected chi connectivity index (χ3v) is 3.28. The summed E-state index contributed by atoms with van der Waals surface area (Å²) >= 11 is 0. The van der Waals surface area contributed by atoms with Gasteiger partial charge in [-0.15, -0.1) is 0 Å². The molecule has 0 heterocycles. The van der Waals surface area contributed by atoms with Crippen LogP contribution in [0.25, 0.3) is 6.08 Å². The molecule has 0 atom stereocenters. The Morgan fingerprint density at radius 2 is 1.75 bits per heavy atom. The van der Waals surface area contributed by atoms with Gasteiger partial charge in [0.05, 0.1) is 11.3 Å². The van der Waals surface area contributed by atoms with Crippen LogP contribution in [0.15, 0.2) is 42.5 Å². The van der Waals surface area contributed by atoms with Crippen LogP contribution in [0.5, 0.6) is 0 Å². The Hall–Kier alpha value is -3.30. The number of carbonyl (C=O) groups is 2. The first-order chi connectivity index (χ1) is 13.1. The van der Waals surface area contributed by atoms with Gasteiger partial charge < -0.3 is 10.1 Å². The molecule has 28 heavy (non-hydrogen) atoms. The molecule has 0 saturated carbocycles. The minimum Gasteiger partial charge on any atom is -0.452 e. The standard InChI is InChI=1S/C18H11F6NO3/c19-12-5-6-13(17(21)16(12)20)25-14(26)9-28-15(27)7-4-10-2-1-3-11(8-10)18(22,23)24/h1-8H,9H2,(H,25,26)/b7-4+. The fourth-order valence-corrected chi connectivity index (χ4v) is 1.98. The maximum absolute atomic E-state index is 13.4. The zero-order valence-electron chi connectivity index (χ0n) is 13.8. The van der Waals surface area contributed by atoms with E-state index in [-0.39, 0.29) is 5.56 Å². The number of ether oxygens (including phenoxy) is 1. The number of amides is 1. The second kappa shape index (κ2) is 8.59. The van der Waals surface area contributed by atoms with Gasteiger partial charge in [0.1, 0.15) is 0 Å². The van der Waals surface area contributed by atoms with Gasteiger partial charge in [-0.3, -0.25) is 4.79 Å². The van der Waals surface area contributed by atoms with Crippen LogP contribution in [0, 0.1) is 17.5 Å². The highest BCUT2D eigenvalue weighted by Gasteiger charge is 2.30. The summed E-state index contributed by atoms with van der Waals surface area (Å²) in [6.45, 7) is -0.885. The Balaban J connectivity index is 1.91. The number of esters is 1. The van der Waals surface area contributed by atoms with Gasteiger partial charge >= 0.3 is 12.1 Å². The molecule has 2 aromatic rings. The summed E-state index contributed by atoms with van der Waals surface area (Å²) in [6, 6.07) is 5.51. The average molecular weight is 403 g/mol. The topological polar surface area (TPSA) is 55.4 Å². The van der Waals surface area contributed by atoms with Gasteiger partial charge in [-0.1, -0.05) is 12.1 Å². The van der Waals surface area contributed by atoms with E-state index < -0.39 is 53.4 Å². The van der Waals surface area contributed by atoms with E-state index >= 15 is 0 Å². The second-order valence-electron chi connectivity index (χ2n) is 5.34. The smallest absolute Gasteiger partial charge is 0.416 e. The van der Waals surface area contributed by atoms with E-state index in [2.05, 4.69) is 4.74 Å². The quantitative estimate of drug-likeness (QED) is 0.350. The van der Waals surface area contributed by atoms with Crippen molar-refractivity contribution in [3.8, 4) is 0 Å². The summed E-state index contributed by atoms with van der Waals surface area (Å²) in [5.74, 6) is -6.94. The van der Waals surface area contributed by atoms with Crippen molar-refractivity contribution in [3.63, 3.8) is 0 Å². The molecule has 0 bridgehead atoms. The summed E-state index contributed by atoms with van der Waals surface area (Å²) < 4.78 is 81.6. The minimum atomic E-state index is -4.54. The Morgan fingerprint density at radius 1 is 1.04 bits per heavy atom. The monoisotopic (exact) mass is 403 g/mol. The minimum absolute atomic E-state index is 0.0695. The number of anilines is 1. The number of benzene rings is 2. The molecule has 0 spiro atoms. The summed E-state index contributed by atoms with van der Waals surface area (Å²) in [4.78, 5) is 23.1. The molecule has 4 nitrogen and oxygen atoms in total. The van der Waals surface area contributed by atoms with Gasteiger partial charge in [0.2, 0.25) is 0 Å². The van der Waals surface area contributed by atoms with Crippen molar-refractivity contribution in [2.24, 2.45) is 0 Å². The zero-order valence-corrected chi connectivity index (χ0v) is 13.8. The van der Waals surface area contributed by atoms with E-state index in [4.69, 9.17) is 0 Å². The molecule has 0 radical (unpaired) electrons. The molecule has 1 N–H and O–H groups in total. The number of nitrogens with one attached hydrogen (secondary N) is 1. The zero-order chi connectivity index (χ0) is 20.9. The van der Waals surface area contributed by atoms with Gasteiger partial charge in [0.15, 0.2) is 24.1 Å². The van der Waals surface area contributed by atoms with Crippen molar-refractivity contribution in [1.82, 2.24) is 0 Å². The Kier molecular flexibility index (Phi) is 6.45. The van der Waals surface area contributed by atoms with E-state index in [1.165, 1.54) is 6.07 Å². The van der Waals surface area contributed by atoms with Crippen LogP contribution in [-0.2, 0) is 20.5 Å². The van der Waals surface area contributed by atoms with Crippen LogP contribution in [0.3, 0.4) is 0 Å². The maximum atomic E-state index is 13.4. The fourth-order valence-electron chi connectivity index (χ4n) is 1.98. The molecule has 148 valence electrons. The fraction of sp³-hybridized carbons (Fsp3) is 0.111. The predicted octanol–water partition coefficient (Wildman–Crippen LogP) is 4.32. The van der Waals surface area contributed by atoms with E-state index in [1.807, 2.05) is 5.32 Å². The van der Waals surface area contributed by atoms with Crippen molar-refractivity contribution in [2.45, 2.75) is 6.18 Å². The molecule has 2 rings (SSSR count). The highest BCUT2D eigenvalue weighted by atomic mass is 19.4. The van der Waals surface area contributed by atoms with Crippen LogP contribution < -0.4 is 5.32 Å². The summed E-state index contributed by atoms with van der Waals surface area (Å²) in [6.07, 6.45) is -2.71. The van der Waals surface area contributed by atoms with Crippen molar-refractivity contribution in [3.05, 3.63) is 71.1 Å². The Morgan fingerprint density at radius 3 is 2.43 bits per heavy atom. The molecule has 0 aliphatic rings. The lowest BCUT2D eigenvalue weighted by molar-refractivity contribution is -0.142. The summed E-state index contributed by atoms with van der Waals surface area (Å²) in [5, 5.41) is 1.88. The number of halogens is 6. The number of hydrogen-bond acceptors (Lipinski definition) is 3. The summed E-state index contributed by atoms with van der Waals surface area (Å²) in [7, 11) is 0. The first-order valence-corrected chi connectivity index (χ1v) is 7.53. The van der Waals surface area contributed by atoms with Crippen LogP contribution in [0.2, 0.25) is 0 Å². The van der Waals surface area contributed by atoms with Gasteiger partial charge in [-0.25, -0.2) is 18.0 Å². The highest BCUT2D eigenvalue weighted by Crippen LogP contribution is 2.29. The largest absolute Gasteiger partial charge is 0.452 e. The van der Waals surface area contributed by atoms with Crippen molar-refractivity contribution < 1.29 is 40.7 Å². The first-order valence-electron chi connectivity index (χ1n) is 7.53. The normalized spacial score (nSPS) is 11.5. The van der Waals surface area contributed by atoms with Crippen LogP contribution in [0.4, 0.5) is 32.0 Å². The third kappa shape index (κ3) is 5.60. The molecular formula is C18H11F6NO3. The Labute approximate surface area is 154 Å². The first kappa shape index (κ1) is 21.0. The highest BCUT2D eigenvalue weighted by molar-refractivity contribution is 5.94. The Bertz CT molecular complexity index is 924. The molecule has 0 aliphatic carbocycles. The number of alkyl halides is 3. The van der Waals surface area contributed by atoms with Gasteiger partial charge in [-0.2, -0.15) is 13.2 Å². The van der Waals surface area contributed by atoms with E-state index in [0.717, 1.165) is 36.4 Å². The average Bonchev–Trinajstić information content (AvgIpc) is 2.65. The second-order valence-corrected chi connectivity index (χ2v) is 5.34. The van der Waals surface area contributed by atoms with Gasteiger partial charge in [0, 0.05) is 6.08 Å². The maximum Gasteiger partial charge on any atom is 0.416 e. The van der Waals surface area contributed by atoms with Crippen molar-refractivity contribution in [2.75, 3.05) is 11.9 Å². The number of carbonyl (C=O) groups excluding carboxylic acids is 2. The van der Waals surface area contributed by atoms with Crippen LogP contribution in [0.1, 0.15) is 11.1 Å². The lowest BCUT2D eigenvalue weighted by Crippen LogP contribution is -2.21. The molecular weight excluding hydrogens is 392 g/mol. The van der Waals surface area contributed by atoms with Crippen LogP contribution >= 0.6 is 0 Å². The van der Waals surface area contributed by atoms with E-state index in [0.29, 0.717) is 6.07 Å². The number of hydrogen-bond donors (Lipinski definition) is 1. The molecule has 0 aromatic heterocycles. The summed E-state index contributed by atoms with van der Waals surface area (Å²) in [5.41, 5.74) is -1.49. The molecule has 0 fully saturated rings. The lowest BCUT2D eigenvalue weighted by atomic mass is 10.1. The molecule has 0 aliphatic heterocycles. The lowest BCUT2D eigenvalue weighted by Gasteiger charge is -2.07. The van der Waals surface area contributed by atoms with Gasteiger partial charge in [-0.05, 0) is 35.9 Å². The third-order valence-electron chi connectivity index (χ3n) is 3.28. The van der Waals surface area contributed by atoms with E-state index in [9.17, 15) is 35.9 Å². The predicted molar refractivity (Wildman–Crippen MR) is 86.4 cm³/mol. The molecule has 0 saturated heterocycles. The van der Waals surface area contributed by atoms with Crippen molar-refractivity contribution in [1.29, 1.82) is 0 Å².